The van der Waals surface area contributed by atoms with Gasteiger partial charge in [0.15, 0.2) is 0 Å². The number of carboxylic acids is 1. The summed E-state index contributed by atoms with van der Waals surface area (Å²) in [5.41, 5.74) is 2.91. The fourth-order valence-electron chi connectivity index (χ4n) is 2.46. The van der Waals surface area contributed by atoms with Crippen molar-refractivity contribution in [2.75, 3.05) is 11.9 Å². The van der Waals surface area contributed by atoms with Crippen molar-refractivity contribution in [2.24, 2.45) is 5.92 Å². The summed E-state index contributed by atoms with van der Waals surface area (Å²) < 4.78 is 0. The van der Waals surface area contributed by atoms with Crippen molar-refractivity contribution in [3.05, 3.63) is 64.7 Å². The number of hydrogen-bond acceptors (Lipinski definition) is 3. The molecule has 0 aromatic heterocycles. The van der Waals surface area contributed by atoms with E-state index in [0.717, 1.165) is 11.1 Å². The largest absolute Gasteiger partial charge is 0.478 e. The van der Waals surface area contributed by atoms with Gasteiger partial charge in [-0.05, 0) is 54.3 Å². The van der Waals surface area contributed by atoms with Gasteiger partial charge in [-0.1, -0.05) is 26.0 Å². The highest BCUT2D eigenvalue weighted by atomic mass is 16.4. The number of carbonyl (C=O) groups excluding carboxylic acids is 2. The van der Waals surface area contributed by atoms with Crippen LogP contribution in [0.15, 0.2) is 42.5 Å². The van der Waals surface area contributed by atoms with Crippen LogP contribution in [0.4, 0.5) is 10.5 Å². The maximum atomic E-state index is 12.1. The van der Waals surface area contributed by atoms with Crippen LogP contribution >= 0.6 is 0 Å². The molecule has 0 saturated carbocycles. The molecular weight excluding hydrogens is 358 g/mol. The van der Waals surface area contributed by atoms with Crippen LogP contribution in [0.2, 0.25) is 0 Å². The molecule has 0 saturated heterocycles. The molecule has 148 valence electrons. The first-order valence-electron chi connectivity index (χ1n) is 9.02. The molecule has 0 fully saturated rings. The standard InChI is InChI=1S/C21H25N3O4/c1-13(2)11-22-19(25)17-8-9-18(14(3)10-17)24-21(28)23-12-15-4-6-16(7-5-15)20(26)27/h4-10,13H,11-12H2,1-3H3,(H,22,25)(H,26,27)(H2,23,24,28). The second-order valence-electron chi connectivity index (χ2n) is 6.94. The van der Waals surface area contributed by atoms with E-state index >= 15 is 0 Å². The van der Waals surface area contributed by atoms with Crippen LogP contribution in [0.1, 0.15) is 45.7 Å². The summed E-state index contributed by atoms with van der Waals surface area (Å²) in [6, 6.07) is 11.0. The zero-order valence-corrected chi connectivity index (χ0v) is 16.2. The van der Waals surface area contributed by atoms with E-state index in [9.17, 15) is 14.4 Å². The number of carbonyl (C=O) groups is 3. The minimum absolute atomic E-state index is 0.141. The summed E-state index contributed by atoms with van der Waals surface area (Å²) in [5.74, 6) is -0.762. The Labute approximate surface area is 164 Å². The van der Waals surface area contributed by atoms with Gasteiger partial charge in [0, 0.05) is 24.3 Å². The Hall–Kier alpha value is -3.35. The molecule has 0 aliphatic carbocycles. The van der Waals surface area contributed by atoms with Crippen LogP contribution in [0.3, 0.4) is 0 Å². The molecule has 2 aromatic carbocycles. The smallest absolute Gasteiger partial charge is 0.335 e. The Balaban J connectivity index is 1.91. The van der Waals surface area contributed by atoms with E-state index in [1.165, 1.54) is 12.1 Å². The third kappa shape index (κ3) is 6.12. The predicted octanol–water partition coefficient (Wildman–Crippen LogP) is 3.40. The monoisotopic (exact) mass is 383 g/mol. The molecular formula is C21H25N3O4. The maximum Gasteiger partial charge on any atom is 0.335 e. The number of amides is 3. The van der Waals surface area contributed by atoms with Gasteiger partial charge in [0.25, 0.3) is 5.91 Å². The van der Waals surface area contributed by atoms with Crippen molar-refractivity contribution in [2.45, 2.75) is 27.3 Å². The van der Waals surface area contributed by atoms with E-state index in [4.69, 9.17) is 5.11 Å². The van der Waals surface area contributed by atoms with Gasteiger partial charge in [-0.15, -0.1) is 0 Å². The summed E-state index contributed by atoms with van der Waals surface area (Å²) in [5, 5.41) is 17.2. The summed E-state index contributed by atoms with van der Waals surface area (Å²) in [6.45, 7) is 6.74. The second-order valence-corrected chi connectivity index (χ2v) is 6.94. The van der Waals surface area contributed by atoms with Crippen LogP contribution in [0.5, 0.6) is 0 Å². The third-order valence-electron chi connectivity index (χ3n) is 4.06. The number of aryl methyl sites for hydroxylation is 1. The Bertz CT molecular complexity index is 860. The first kappa shape index (κ1) is 21.0. The Morgan fingerprint density at radius 3 is 2.18 bits per heavy atom. The number of carboxylic acid groups (broad SMARTS) is 1. The van der Waals surface area contributed by atoms with Gasteiger partial charge in [0.05, 0.1) is 5.56 Å². The van der Waals surface area contributed by atoms with E-state index in [1.807, 2.05) is 20.8 Å². The van der Waals surface area contributed by atoms with Crippen LogP contribution in [0, 0.1) is 12.8 Å². The molecule has 0 radical (unpaired) electrons. The lowest BCUT2D eigenvalue weighted by atomic mass is 10.1. The minimum Gasteiger partial charge on any atom is -0.478 e. The van der Waals surface area contributed by atoms with Gasteiger partial charge in [0.1, 0.15) is 0 Å². The van der Waals surface area contributed by atoms with E-state index in [-0.39, 0.29) is 24.0 Å². The molecule has 0 aliphatic heterocycles. The van der Waals surface area contributed by atoms with Gasteiger partial charge in [-0.2, -0.15) is 0 Å². The molecule has 7 nitrogen and oxygen atoms in total. The fraction of sp³-hybridized carbons (Fsp3) is 0.286. The predicted molar refractivity (Wildman–Crippen MR) is 108 cm³/mol. The molecule has 3 amide bonds. The first-order chi connectivity index (χ1) is 13.3. The van der Waals surface area contributed by atoms with E-state index in [2.05, 4.69) is 16.0 Å². The van der Waals surface area contributed by atoms with Gasteiger partial charge in [-0.25, -0.2) is 9.59 Å². The number of anilines is 1. The summed E-state index contributed by atoms with van der Waals surface area (Å²) in [4.78, 5) is 35.1. The van der Waals surface area contributed by atoms with Crippen LogP contribution in [-0.4, -0.2) is 29.6 Å². The molecule has 0 spiro atoms. The van der Waals surface area contributed by atoms with Crippen molar-refractivity contribution in [1.82, 2.24) is 10.6 Å². The average Bonchev–Trinajstić information content (AvgIpc) is 2.66. The van der Waals surface area contributed by atoms with Gasteiger partial charge in [0.2, 0.25) is 0 Å². The van der Waals surface area contributed by atoms with Crippen molar-refractivity contribution in [3.63, 3.8) is 0 Å². The van der Waals surface area contributed by atoms with Gasteiger partial charge in [-0.3, -0.25) is 4.79 Å². The summed E-state index contributed by atoms with van der Waals surface area (Å²) >= 11 is 0. The summed E-state index contributed by atoms with van der Waals surface area (Å²) in [6.07, 6.45) is 0. The third-order valence-corrected chi connectivity index (χ3v) is 4.06. The molecule has 28 heavy (non-hydrogen) atoms. The zero-order chi connectivity index (χ0) is 20.7. The molecule has 0 unspecified atom stereocenters. The van der Waals surface area contributed by atoms with E-state index in [0.29, 0.717) is 23.7 Å². The number of aromatic carboxylic acids is 1. The Morgan fingerprint density at radius 2 is 1.61 bits per heavy atom. The van der Waals surface area contributed by atoms with Crippen molar-refractivity contribution >= 4 is 23.6 Å². The lowest BCUT2D eigenvalue weighted by molar-refractivity contribution is 0.0696. The van der Waals surface area contributed by atoms with Gasteiger partial charge < -0.3 is 21.1 Å². The molecule has 7 heteroatoms. The number of hydrogen-bond donors (Lipinski definition) is 4. The Kier molecular flexibility index (Phi) is 7.14. The molecule has 2 aromatic rings. The quantitative estimate of drug-likeness (QED) is 0.588. The van der Waals surface area contributed by atoms with E-state index < -0.39 is 5.97 Å². The molecule has 0 aliphatic rings. The SMILES string of the molecule is Cc1cc(C(=O)NCC(C)C)ccc1NC(=O)NCc1ccc(C(=O)O)cc1. The lowest BCUT2D eigenvalue weighted by Crippen LogP contribution is -2.29. The number of benzene rings is 2. The molecule has 0 heterocycles. The van der Waals surface area contributed by atoms with Gasteiger partial charge >= 0.3 is 12.0 Å². The highest BCUT2D eigenvalue weighted by Gasteiger charge is 2.10. The first-order valence-corrected chi connectivity index (χ1v) is 9.02. The number of urea groups is 1. The highest BCUT2D eigenvalue weighted by molar-refractivity contribution is 5.96. The lowest BCUT2D eigenvalue weighted by Gasteiger charge is -2.12. The zero-order valence-electron chi connectivity index (χ0n) is 16.2. The van der Waals surface area contributed by atoms with Crippen molar-refractivity contribution in [1.29, 1.82) is 0 Å². The number of nitrogens with one attached hydrogen (secondary N) is 3. The number of rotatable bonds is 7. The minimum atomic E-state index is -0.992. The van der Waals surface area contributed by atoms with Crippen molar-refractivity contribution < 1.29 is 19.5 Å². The summed E-state index contributed by atoms with van der Waals surface area (Å²) in [7, 11) is 0. The maximum absolute atomic E-state index is 12.1. The molecule has 0 bridgehead atoms. The Morgan fingerprint density at radius 1 is 0.964 bits per heavy atom. The van der Waals surface area contributed by atoms with E-state index in [1.54, 1.807) is 30.3 Å². The average molecular weight is 383 g/mol. The van der Waals surface area contributed by atoms with Crippen LogP contribution in [0.25, 0.3) is 0 Å². The molecule has 4 N–H and O–H groups in total. The topological polar surface area (TPSA) is 108 Å². The fourth-order valence-corrected chi connectivity index (χ4v) is 2.46. The highest BCUT2D eigenvalue weighted by Crippen LogP contribution is 2.16. The molecule has 2 rings (SSSR count). The second kappa shape index (κ2) is 9.55. The molecule has 0 atom stereocenters. The van der Waals surface area contributed by atoms with Crippen LogP contribution in [-0.2, 0) is 6.54 Å². The van der Waals surface area contributed by atoms with Crippen molar-refractivity contribution in [3.8, 4) is 0 Å². The van der Waals surface area contributed by atoms with Crippen LogP contribution < -0.4 is 16.0 Å². The normalized spacial score (nSPS) is 10.4.